The molecule has 0 aliphatic rings. The van der Waals surface area contributed by atoms with Gasteiger partial charge in [0.05, 0.1) is 5.92 Å². The number of Topliss-reactive ketones (excluding diaryl/α,β-unsaturated/α-hetero) is 1. The second-order valence-corrected chi connectivity index (χ2v) is 4.98. The van der Waals surface area contributed by atoms with E-state index >= 15 is 0 Å². The predicted molar refractivity (Wildman–Crippen MR) is 70.5 cm³/mol. The molecule has 2 rings (SSSR count). The molecular weight excluding hydrogens is 242 g/mol. The van der Waals surface area contributed by atoms with Crippen LogP contribution < -0.4 is 0 Å². The van der Waals surface area contributed by atoms with E-state index in [0.717, 1.165) is 11.1 Å². The Morgan fingerprint density at radius 1 is 1.37 bits per heavy atom. The number of carbonyl (C=O) groups is 1. The SMILES string of the molecule is CC(=O)C(c1nc(-c2ccncc2C)no1)C(C)C. The van der Waals surface area contributed by atoms with Crippen molar-refractivity contribution in [3.05, 3.63) is 29.9 Å². The summed E-state index contributed by atoms with van der Waals surface area (Å²) in [5.74, 6) is 0.708. The van der Waals surface area contributed by atoms with E-state index < -0.39 is 0 Å². The molecule has 2 aromatic heterocycles. The summed E-state index contributed by atoms with van der Waals surface area (Å²) < 4.78 is 5.26. The molecular formula is C14H17N3O2. The zero-order valence-electron chi connectivity index (χ0n) is 11.5. The summed E-state index contributed by atoms with van der Waals surface area (Å²) in [5.41, 5.74) is 1.84. The molecule has 100 valence electrons. The van der Waals surface area contributed by atoms with Crippen molar-refractivity contribution < 1.29 is 9.32 Å². The van der Waals surface area contributed by atoms with Crippen molar-refractivity contribution >= 4 is 5.78 Å². The molecule has 2 heterocycles. The molecule has 2 aromatic rings. The van der Waals surface area contributed by atoms with Crippen LogP contribution in [0.25, 0.3) is 11.4 Å². The van der Waals surface area contributed by atoms with Crippen LogP contribution in [0, 0.1) is 12.8 Å². The molecule has 1 unspecified atom stereocenters. The molecule has 0 amide bonds. The van der Waals surface area contributed by atoms with E-state index in [2.05, 4.69) is 15.1 Å². The van der Waals surface area contributed by atoms with Crippen LogP contribution in [-0.2, 0) is 4.79 Å². The summed E-state index contributed by atoms with van der Waals surface area (Å²) in [5, 5.41) is 3.97. The lowest BCUT2D eigenvalue weighted by atomic mass is 9.92. The van der Waals surface area contributed by atoms with Crippen LogP contribution in [0.1, 0.15) is 38.1 Å². The van der Waals surface area contributed by atoms with Gasteiger partial charge < -0.3 is 4.52 Å². The van der Waals surface area contributed by atoms with Gasteiger partial charge in [-0.1, -0.05) is 19.0 Å². The average molecular weight is 259 g/mol. The van der Waals surface area contributed by atoms with Crippen LogP contribution in [0.4, 0.5) is 0 Å². The standard InChI is InChI=1S/C14H17N3O2/c1-8(2)12(10(4)18)14-16-13(17-19-14)11-5-6-15-7-9(11)3/h5-8,12H,1-4H3. The summed E-state index contributed by atoms with van der Waals surface area (Å²) >= 11 is 0. The molecule has 0 aliphatic heterocycles. The third-order valence-electron chi connectivity index (χ3n) is 3.07. The van der Waals surface area contributed by atoms with Gasteiger partial charge in [0.1, 0.15) is 5.78 Å². The third-order valence-corrected chi connectivity index (χ3v) is 3.07. The summed E-state index contributed by atoms with van der Waals surface area (Å²) in [6.45, 7) is 7.41. The number of pyridine rings is 1. The number of carbonyl (C=O) groups excluding carboxylic acids is 1. The number of nitrogens with zero attached hydrogens (tertiary/aromatic N) is 3. The molecule has 0 saturated carbocycles. The lowest BCUT2D eigenvalue weighted by Gasteiger charge is -2.12. The van der Waals surface area contributed by atoms with E-state index in [-0.39, 0.29) is 17.6 Å². The normalized spacial score (nSPS) is 12.7. The molecule has 0 aromatic carbocycles. The number of aromatic nitrogens is 3. The Morgan fingerprint density at radius 3 is 2.68 bits per heavy atom. The van der Waals surface area contributed by atoms with Crippen LogP contribution in [0.3, 0.4) is 0 Å². The van der Waals surface area contributed by atoms with E-state index in [9.17, 15) is 4.79 Å². The molecule has 19 heavy (non-hydrogen) atoms. The van der Waals surface area contributed by atoms with Crippen molar-refractivity contribution in [3.63, 3.8) is 0 Å². The lowest BCUT2D eigenvalue weighted by Crippen LogP contribution is -2.15. The van der Waals surface area contributed by atoms with Gasteiger partial charge in [-0.25, -0.2) is 0 Å². The van der Waals surface area contributed by atoms with E-state index in [1.807, 2.05) is 26.8 Å². The number of hydrogen-bond acceptors (Lipinski definition) is 5. The first-order chi connectivity index (χ1) is 9.00. The molecule has 0 saturated heterocycles. The molecule has 5 nitrogen and oxygen atoms in total. The Balaban J connectivity index is 2.39. The molecule has 0 aliphatic carbocycles. The van der Waals surface area contributed by atoms with Gasteiger partial charge in [-0.05, 0) is 31.4 Å². The summed E-state index contributed by atoms with van der Waals surface area (Å²) in [6, 6.07) is 1.84. The summed E-state index contributed by atoms with van der Waals surface area (Å²) in [6.07, 6.45) is 3.43. The fourth-order valence-electron chi connectivity index (χ4n) is 2.12. The first-order valence-corrected chi connectivity index (χ1v) is 6.25. The van der Waals surface area contributed by atoms with Gasteiger partial charge in [0.25, 0.3) is 0 Å². The second kappa shape index (κ2) is 5.30. The fraction of sp³-hybridized carbons (Fsp3) is 0.429. The van der Waals surface area contributed by atoms with Gasteiger partial charge in [0.15, 0.2) is 0 Å². The number of aryl methyl sites for hydroxylation is 1. The minimum atomic E-state index is -0.344. The van der Waals surface area contributed by atoms with Crippen molar-refractivity contribution in [2.24, 2.45) is 5.92 Å². The Labute approximate surface area is 112 Å². The zero-order chi connectivity index (χ0) is 14.0. The van der Waals surface area contributed by atoms with Crippen molar-refractivity contribution in [2.45, 2.75) is 33.6 Å². The maximum Gasteiger partial charge on any atom is 0.237 e. The third kappa shape index (κ3) is 2.70. The molecule has 5 heteroatoms. The van der Waals surface area contributed by atoms with Crippen molar-refractivity contribution in [1.82, 2.24) is 15.1 Å². The van der Waals surface area contributed by atoms with E-state index in [1.165, 1.54) is 0 Å². The topological polar surface area (TPSA) is 68.9 Å². The van der Waals surface area contributed by atoms with E-state index in [4.69, 9.17) is 4.52 Å². The highest BCUT2D eigenvalue weighted by Gasteiger charge is 2.27. The van der Waals surface area contributed by atoms with Crippen LogP contribution in [0.2, 0.25) is 0 Å². The summed E-state index contributed by atoms with van der Waals surface area (Å²) in [4.78, 5) is 20.0. The average Bonchev–Trinajstić information content (AvgIpc) is 2.77. The van der Waals surface area contributed by atoms with Crippen LogP contribution >= 0.6 is 0 Å². The van der Waals surface area contributed by atoms with Crippen LogP contribution in [-0.4, -0.2) is 20.9 Å². The van der Waals surface area contributed by atoms with Gasteiger partial charge in [-0.15, -0.1) is 0 Å². The first-order valence-electron chi connectivity index (χ1n) is 6.25. The Morgan fingerprint density at radius 2 is 2.11 bits per heavy atom. The maximum absolute atomic E-state index is 11.7. The fourth-order valence-corrected chi connectivity index (χ4v) is 2.12. The highest BCUT2D eigenvalue weighted by molar-refractivity contribution is 5.82. The van der Waals surface area contributed by atoms with Crippen molar-refractivity contribution in [3.8, 4) is 11.4 Å². The van der Waals surface area contributed by atoms with Gasteiger partial charge in [-0.3, -0.25) is 9.78 Å². The molecule has 1 atom stereocenters. The van der Waals surface area contributed by atoms with Crippen molar-refractivity contribution in [2.75, 3.05) is 0 Å². The monoisotopic (exact) mass is 259 g/mol. The molecule has 0 bridgehead atoms. The second-order valence-electron chi connectivity index (χ2n) is 4.98. The van der Waals surface area contributed by atoms with Crippen LogP contribution in [0.15, 0.2) is 23.0 Å². The van der Waals surface area contributed by atoms with E-state index in [0.29, 0.717) is 11.7 Å². The molecule has 0 radical (unpaired) electrons. The Hall–Kier alpha value is -2.04. The number of ketones is 1. The summed E-state index contributed by atoms with van der Waals surface area (Å²) in [7, 11) is 0. The van der Waals surface area contributed by atoms with Crippen LogP contribution in [0.5, 0.6) is 0 Å². The lowest BCUT2D eigenvalue weighted by molar-refractivity contribution is -0.119. The van der Waals surface area contributed by atoms with E-state index in [1.54, 1.807) is 19.3 Å². The minimum Gasteiger partial charge on any atom is -0.338 e. The van der Waals surface area contributed by atoms with Gasteiger partial charge in [-0.2, -0.15) is 4.98 Å². The first kappa shape index (κ1) is 13.4. The minimum absolute atomic E-state index is 0.0386. The number of rotatable bonds is 4. The number of hydrogen-bond donors (Lipinski definition) is 0. The molecule has 0 spiro atoms. The smallest absolute Gasteiger partial charge is 0.237 e. The Kier molecular flexibility index (Phi) is 3.74. The predicted octanol–water partition coefficient (Wildman–Crippen LogP) is 2.77. The van der Waals surface area contributed by atoms with Gasteiger partial charge in [0.2, 0.25) is 11.7 Å². The highest BCUT2D eigenvalue weighted by atomic mass is 16.5. The van der Waals surface area contributed by atoms with Crippen molar-refractivity contribution in [1.29, 1.82) is 0 Å². The highest BCUT2D eigenvalue weighted by Crippen LogP contribution is 2.27. The zero-order valence-corrected chi connectivity index (χ0v) is 11.5. The largest absolute Gasteiger partial charge is 0.338 e. The van der Waals surface area contributed by atoms with Gasteiger partial charge in [0, 0.05) is 18.0 Å². The Bertz CT molecular complexity index is 590. The quantitative estimate of drug-likeness (QED) is 0.844. The van der Waals surface area contributed by atoms with Gasteiger partial charge >= 0.3 is 0 Å². The molecule has 0 N–H and O–H groups in total. The maximum atomic E-state index is 11.7. The molecule has 0 fully saturated rings.